The average Bonchev–Trinajstić information content (AvgIpc) is 2.38. The van der Waals surface area contributed by atoms with Gasteiger partial charge < -0.3 is 9.47 Å². The Hall–Kier alpha value is -0.710. The minimum Gasteiger partial charge on any atom is -0.466 e. The molecular formula is C13H24O4S. The summed E-state index contributed by atoms with van der Waals surface area (Å²) in [4.78, 5) is 22.6. The lowest BCUT2D eigenvalue weighted by atomic mass is 10.1. The van der Waals surface area contributed by atoms with E-state index in [1.54, 1.807) is 11.8 Å². The van der Waals surface area contributed by atoms with Gasteiger partial charge in [0.15, 0.2) is 0 Å². The molecule has 0 aliphatic rings. The van der Waals surface area contributed by atoms with Crippen LogP contribution in [0, 0.1) is 5.92 Å². The van der Waals surface area contributed by atoms with Crippen molar-refractivity contribution in [3.8, 4) is 0 Å². The molecule has 0 amide bonds. The van der Waals surface area contributed by atoms with Gasteiger partial charge in [-0.25, -0.2) is 0 Å². The lowest BCUT2D eigenvalue weighted by Crippen LogP contribution is -2.15. The first-order valence-corrected chi connectivity index (χ1v) is 7.82. The van der Waals surface area contributed by atoms with Crippen LogP contribution in [0.4, 0.5) is 0 Å². The van der Waals surface area contributed by atoms with Crippen LogP contribution in [-0.4, -0.2) is 37.2 Å². The summed E-state index contributed by atoms with van der Waals surface area (Å²) in [5.41, 5.74) is 0. The second-order valence-corrected chi connectivity index (χ2v) is 5.13. The van der Waals surface area contributed by atoms with Crippen molar-refractivity contribution in [1.82, 2.24) is 0 Å². The molecule has 0 aliphatic carbocycles. The van der Waals surface area contributed by atoms with E-state index in [4.69, 9.17) is 9.47 Å². The Bertz CT molecular complexity index is 243. The molecule has 0 fully saturated rings. The van der Waals surface area contributed by atoms with E-state index in [9.17, 15) is 9.59 Å². The van der Waals surface area contributed by atoms with E-state index in [-0.39, 0.29) is 17.9 Å². The van der Waals surface area contributed by atoms with Crippen LogP contribution in [-0.2, 0) is 19.1 Å². The summed E-state index contributed by atoms with van der Waals surface area (Å²) in [6, 6.07) is 0. The van der Waals surface area contributed by atoms with Gasteiger partial charge in [0.1, 0.15) is 0 Å². The van der Waals surface area contributed by atoms with Gasteiger partial charge in [0.05, 0.1) is 19.1 Å². The number of esters is 2. The highest BCUT2D eigenvalue weighted by Crippen LogP contribution is 2.04. The molecule has 0 bridgehead atoms. The topological polar surface area (TPSA) is 52.6 Å². The Balaban J connectivity index is 3.43. The second-order valence-electron chi connectivity index (χ2n) is 4.15. The van der Waals surface area contributed by atoms with Gasteiger partial charge in [-0.1, -0.05) is 13.8 Å². The predicted molar refractivity (Wildman–Crippen MR) is 73.6 cm³/mol. The van der Waals surface area contributed by atoms with Crippen LogP contribution in [0.2, 0.25) is 0 Å². The quantitative estimate of drug-likeness (QED) is 0.453. The van der Waals surface area contributed by atoms with Gasteiger partial charge in [0.2, 0.25) is 0 Å². The minimum absolute atomic E-state index is 0.0662. The largest absolute Gasteiger partial charge is 0.466 e. The van der Waals surface area contributed by atoms with Gasteiger partial charge in [0, 0.05) is 6.42 Å². The van der Waals surface area contributed by atoms with Crippen molar-refractivity contribution in [2.75, 3.05) is 25.2 Å². The van der Waals surface area contributed by atoms with Gasteiger partial charge in [0.25, 0.3) is 0 Å². The fourth-order valence-corrected chi connectivity index (χ4v) is 1.57. The highest BCUT2D eigenvalue weighted by molar-refractivity contribution is 7.98. The maximum atomic E-state index is 11.3. The van der Waals surface area contributed by atoms with E-state index in [1.165, 1.54) is 0 Å². The van der Waals surface area contributed by atoms with Crippen molar-refractivity contribution < 1.29 is 19.1 Å². The highest BCUT2D eigenvalue weighted by Gasteiger charge is 2.11. The number of rotatable bonds is 10. The molecule has 0 aliphatic heterocycles. The summed E-state index contributed by atoms with van der Waals surface area (Å²) in [6.07, 6.45) is 4.52. The fourth-order valence-electron chi connectivity index (χ4n) is 1.16. The van der Waals surface area contributed by atoms with Gasteiger partial charge in [-0.3, -0.25) is 9.59 Å². The van der Waals surface area contributed by atoms with E-state index in [0.29, 0.717) is 26.1 Å². The number of hydrogen-bond acceptors (Lipinski definition) is 5. The zero-order valence-electron chi connectivity index (χ0n) is 11.6. The van der Waals surface area contributed by atoms with Crippen LogP contribution in [0.3, 0.4) is 0 Å². The lowest BCUT2D eigenvalue weighted by Gasteiger charge is -2.09. The van der Waals surface area contributed by atoms with Crippen LogP contribution in [0.5, 0.6) is 0 Å². The highest BCUT2D eigenvalue weighted by atomic mass is 32.2. The van der Waals surface area contributed by atoms with Crippen LogP contribution in [0.1, 0.15) is 39.5 Å². The first kappa shape index (κ1) is 17.3. The van der Waals surface area contributed by atoms with Crippen molar-refractivity contribution in [2.45, 2.75) is 39.5 Å². The third-order valence-corrected chi connectivity index (χ3v) is 3.24. The summed E-state index contributed by atoms with van der Waals surface area (Å²) in [5.74, 6) is 0.532. The maximum Gasteiger partial charge on any atom is 0.308 e. The Morgan fingerprint density at radius 1 is 1.17 bits per heavy atom. The van der Waals surface area contributed by atoms with Crippen LogP contribution >= 0.6 is 11.8 Å². The molecular weight excluding hydrogens is 252 g/mol. The van der Waals surface area contributed by atoms with Gasteiger partial charge in [-0.05, 0) is 31.3 Å². The molecule has 0 aromatic rings. The third kappa shape index (κ3) is 9.33. The van der Waals surface area contributed by atoms with Gasteiger partial charge in [-0.2, -0.15) is 11.8 Å². The maximum absolute atomic E-state index is 11.3. The molecule has 0 heterocycles. The molecule has 1 atom stereocenters. The molecule has 0 saturated heterocycles. The Morgan fingerprint density at radius 2 is 1.83 bits per heavy atom. The summed E-state index contributed by atoms with van der Waals surface area (Å²) >= 11 is 1.73. The summed E-state index contributed by atoms with van der Waals surface area (Å²) < 4.78 is 10.1. The van der Waals surface area contributed by atoms with Crippen molar-refractivity contribution in [1.29, 1.82) is 0 Å². The molecule has 0 rings (SSSR count). The lowest BCUT2D eigenvalue weighted by molar-refractivity contribution is -0.150. The Kier molecular flexibility index (Phi) is 10.9. The SMILES string of the molecule is CCC(C)C(=O)OCCCC(=O)OCCCSC. The molecule has 0 N–H and O–H groups in total. The van der Waals surface area contributed by atoms with Crippen LogP contribution in [0.15, 0.2) is 0 Å². The number of hydrogen-bond donors (Lipinski definition) is 0. The smallest absolute Gasteiger partial charge is 0.308 e. The van der Waals surface area contributed by atoms with Gasteiger partial charge >= 0.3 is 11.9 Å². The monoisotopic (exact) mass is 276 g/mol. The Labute approximate surface area is 114 Å². The van der Waals surface area contributed by atoms with Crippen molar-refractivity contribution in [2.24, 2.45) is 5.92 Å². The zero-order chi connectivity index (χ0) is 13.8. The van der Waals surface area contributed by atoms with Crippen molar-refractivity contribution >= 4 is 23.7 Å². The molecule has 0 spiro atoms. The number of thioether (sulfide) groups is 1. The second kappa shape index (κ2) is 11.4. The van der Waals surface area contributed by atoms with E-state index >= 15 is 0 Å². The molecule has 0 radical (unpaired) electrons. The van der Waals surface area contributed by atoms with Crippen LogP contribution < -0.4 is 0 Å². The fraction of sp³-hybridized carbons (Fsp3) is 0.846. The van der Waals surface area contributed by atoms with E-state index in [2.05, 4.69) is 0 Å². The number of carbonyl (C=O) groups is 2. The van der Waals surface area contributed by atoms with Crippen molar-refractivity contribution in [3.05, 3.63) is 0 Å². The molecule has 106 valence electrons. The number of ether oxygens (including phenoxy) is 2. The molecule has 1 unspecified atom stereocenters. The first-order valence-electron chi connectivity index (χ1n) is 6.43. The predicted octanol–water partition coefficient (Wildman–Crippen LogP) is 2.65. The Morgan fingerprint density at radius 3 is 2.44 bits per heavy atom. The standard InChI is InChI=1S/C13H24O4S/c1-4-11(2)13(15)17-8-5-7-12(14)16-9-6-10-18-3/h11H,4-10H2,1-3H3. The van der Waals surface area contributed by atoms with Gasteiger partial charge in [-0.15, -0.1) is 0 Å². The average molecular weight is 276 g/mol. The molecule has 0 saturated carbocycles. The number of carbonyl (C=O) groups excluding carboxylic acids is 2. The normalized spacial score (nSPS) is 11.9. The van der Waals surface area contributed by atoms with E-state index < -0.39 is 0 Å². The van der Waals surface area contributed by atoms with E-state index in [0.717, 1.165) is 18.6 Å². The van der Waals surface area contributed by atoms with Crippen LogP contribution in [0.25, 0.3) is 0 Å². The first-order chi connectivity index (χ1) is 8.61. The summed E-state index contributed by atoms with van der Waals surface area (Å²) in [7, 11) is 0. The zero-order valence-corrected chi connectivity index (χ0v) is 12.4. The molecule has 0 aromatic heterocycles. The van der Waals surface area contributed by atoms with E-state index in [1.807, 2.05) is 20.1 Å². The molecule has 4 nitrogen and oxygen atoms in total. The molecule has 0 aromatic carbocycles. The third-order valence-electron chi connectivity index (χ3n) is 2.54. The van der Waals surface area contributed by atoms with Crippen molar-refractivity contribution in [3.63, 3.8) is 0 Å². The summed E-state index contributed by atoms with van der Waals surface area (Å²) in [5, 5.41) is 0. The molecule has 5 heteroatoms. The minimum atomic E-state index is -0.212. The molecule has 18 heavy (non-hydrogen) atoms. The summed E-state index contributed by atoms with van der Waals surface area (Å²) in [6.45, 7) is 4.55.